The van der Waals surface area contributed by atoms with Gasteiger partial charge < -0.3 is 5.32 Å². The fraction of sp³-hybridized carbons (Fsp3) is 0.571. The Kier molecular flexibility index (Phi) is 7.35. The second-order valence-electron chi connectivity index (χ2n) is 4.09. The fourth-order valence-electron chi connectivity index (χ4n) is 1.67. The lowest BCUT2D eigenvalue weighted by Gasteiger charge is -2.04. The summed E-state index contributed by atoms with van der Waals surface area (Å²) in [5.74, 6) is 1.25. The smallest absolute Gasteiger partial charge is 0.0202 e. The van der Waals surface area contributed by atoms with Gasteiger partial charge in [-0.05, 0) is 36.9 Å². The van der Waals surface area contributed by atoms with Crippen LogP contribution in [0.1, 0.15) is 38.2 Å². The number of nitrogens with one attached hydrogen (secondary N) is 1. The van der Waals surface area contributed by atoms with Crippen molar-refractivity contribution in [3.8, 4) is 0 Å². The van der Waals surface area contributed by atoms with Gasteiger partial charge in [0.2, 0.25) is 0 Å². The topological polar surface area (TPSA) is 12.0 Å². The normalized spacial score (nSPS) is 10.6. The Hall–Kier alpha value is -0.470. The zero-order valence-electron chi connectivity index (χ0n) is 10.5. The fourth-order valence-corrected chi connectivity index (χ4v) is 2.66. The van der Waals surface area contributed by atoms with Crippen LogP contribution >= 0.6 is 11.8 Å². The van der Waals surface area contributed by atoms with Crippen LogP contribution in [-0.2, 0) is 6.54 Å². The van der Waals surface area contributed by atoms with Crippen LogP contribution in [0.3, 0.4) is 0 Å². The third-order valence-electron chi connectivity index (χ3n) is 2.55. The number of thioether (sulfide) groups is 1. The Morgan fingerprint density at radius 3 is 2.81 bits per heavy atom. The van der Waals surface area contributed by atoms with Gasteiger partial charge in [0.15, 0.2) is 0 Å². The van der Waals surface area contributed by atoms with E-state index in [-0.39, 0.29) is 0 Å². The molecule has 0 amide bonds. The van der Waals surface area contributed by atoms with E-state index in [4.69, 9.17) is 0 Å². The van der Waals surface area contributed by atoms with Gasteiger partial charge in [0.25, 0.3) is 0 Å². The quantitative estimate of drug-likeness (QED) is 0.540. The van der Waals surface area contributed by atoms with Gasteiger partial charge in [-0.2, -0.15) is 0 Å². The highest BCUT2D eigenvalue weighted by molar-refractivity contribution is 7.99. The molecule has 16 heavy (non-hydrogen) atoms. The minimum Gasteiger partial charge on any atom is -0.316 e. The third kappa shape index (κ3) is 5.57. The molecule has 0 spiro atoms. The highest BCUT2D eigenvalue weighted by Gasteiger charge is 1.96. The Balaban J connectivity index is 2.27. The molecule has 0 aliphatic rings. The second kappa shape index (κ2) is 8.66. The molecule has 1 N–H and O–H groups in total. The summed E-state index contributed by atoms with van der Waals surface area (Å²) in [6.07, 6.45) is 5.41. The highest BCUT2D eigenvalue weighted by atomic mass is 32.2. The van der Waals surface area contributed by atoms with Crippen molar-refractivity contribution in [3.05, 3.63) is 29.8 Å². The molecule has 1 nitrogen and oxygen atoms in total. The van der Waals surface area contributed by atoms with Crippen LogP contribution in [-0.4, -0.2) is 12.8 Å². The van der Waals surface area contributed by atoms with Crippen molar-refractivity contribution in [2.45, 2.75) is 44.0 Å². The van der Waals surface area contributed by atoms with Crippen LogP contribution in [0.25, 0.3) is 0 Å². The van der Waals surface area contributed by atoms with Gasteiger partial charge in [-0.1, -0.05) is 38.3 Å². The van der Waals surface area contributed by atoms with Crippen LogP contribution in [0.4, 0.5) is 0 Å². The minimum absolute atomic E-state index is 0.963. The molecule has 2 heteroatoms. The number of unbranched alkanes of at least 4 members (excludes halogenated alkanes) is 3. The van der Waals surface area contributed by atoms with E-state index < -0.39 is 0 Å². The number of hydrogen-bond donors (Lipinski definition) is 1. The molecule has 0 saturated carbocycles. The Morgan fingerprint density at radius 2 is 2.06 bits per heavy atom. The van der Waals surface area contributed by atoms with Crippen molar-refractivity contribution in [1.29, 1.82) is 0 Å². The van der Waals surface area contributed by atoms with E-state index in [1.807, 2.05) is 18.8 Å². The Morgan fingerprint density at radius 1 is 1.19 bits per heavy atom. The van der Waals surface area contributed by atoms with Crippen LogP contribution in [0.5, 0.6) is 0 Å². The molecule has 0 saturated heterocycles. The van der Waals surface area contributed by atoms with Crippen molar-refractivity contribution >= 4 is 11.8 Å². The van der Waals surface area contributed by atoms with Gasteiger partial charge >= 0.3 is 0 Å². The van der Waals surface area contributed by atoms with E-state index in [0.29, 0.717) is 0 Å². The van der Waals surface area contributed by atoms with Crippen molar-refractivity contribution < 1.29 is 0 Å². The maximum atomic E-state index is 3.19. The first-order valence-electron chi connectivity index (χ1n) is 6.23. The summed E-state index contributed by atoms with van der Waals surface area (Å²) in [6, 6.07) is 8.84. The van der Waals surface area contributed by atoms with Crippen LogP contribution < -0.4 is 5.32 Å². The largest absolute Gasteiger partial charge is 0.316 e. The van der Waals surface area contributed by atoms with Crippen LogP contribution in [0.2, 0.25) is 0 Å². The SMILES string of the molecule is CCCCCCSc1cccc(CNC)c1. The van der Waals surface area contributed by atoms with E-state index in [0.717, 1.165) is 6.54 Å². The predicted octanol–water partition coefficient (Wildman–Crippen LogP) is 4.08. The highest BCUT2D eigenvalue weighted by Crippen LogP contribution is 2.20. The number of rotatable bonds is 8. The molecular weight excluding hydrogens is 214 g/mol. The molecule has 0 bridgehead atoms. The molecule has 0 heterocycles. The minimum atomic E-state index is 0.963. The summed E-state index contributed by atoms with van der Waals surface area (Å²) in [4.78, 5) is 1.41. The summed E-state index contributed by atoms with van der Waals surface area (Å²) < 4.78 is 0. The van der Waals surface area contributed by atoms with Gasteiger partial charge in [-0.25, -0.2) is 0 Å². The molecule has 0 aliphatic carbocycles. The molecule has 1 aromatic rings. The maximum absolute atomic E-state index is 3.19. The molecule has 90 valence electrons. The average Bonchev–Trinajstić information content (AvgIpc) is 2.30. The maximum Gasteiger partial charge on any atom is 0.0202 e. The van der Waals surface area contributed by atoms with Gasteiger partial charge in [-0.15, -0.1) is 11.8 Å². The van der Waals surface area contributed by atoms with E-state index in [1.165, 1.54) is 41.9 Å². The molecule has 0 atom stereocenters. The zero-order chi connectivity index (χ0) is 11.6. The standard InChI is InChI=1S/C14H23NS/c1-3-4-5-6-10-16-14-9-7-8-13(11-14)12-15-2/h7-9,11,15H,3-6,10,12H2,1-2H3. The van der Waals surface area contributed by atoms with Gasteiger partial charge in [0, 0.05) is 11.4 Å². The second-order valence-corrected chi connectivity index (χ2v) is 5.26. The summed E-state index contributed by atoms with van der Waals surface area (Å²) in [6.45, 7) is 3.22. The summed E-state index contributed by atoms with van der Waals surface area (Å²) in [7, 11) is 1.99. The number of hydrogen-bond acceptors (Lipinski definition) is 2. The average molecular weight is 237 g/mol. The first-order chi connectivity index (χ1) is 7.86. The predicted molar refractivity (Wildman–Crippen MR) is 74.1 cm³/mol. The summed E-state index contributed by atoms with van der Waals surface area (Å²) in [5, 5.41) is 3.19. The molecule has 1 aromatic carbocycles. The molecule has 0 aromatic heterocycles. The van der Waals surface area contributed by atoms with Gasteiger partial charge in [0.05, 0.1) is 0 Å². The Labute approximate surface area is 104 Å². The van der Waals surface area contributed by atoms with E-state index >= 15 is 0 Å². The summed E-state index contributed by atoms with van der Waals surface area (Å²) in [5.41, 5.74) is 1.38. The molecule has 1 rings (SSSR count). The van der Waals surface area contributed by atoms with Crippen molar-refractivity contribution in [1.82, 2.24) is 5.32 Å². The molecule has 0 fully saturated rings. The van der Waals surface area contributed by atoms with Gasteiger partial charge in [0.1, 0.15) is 0 Å². The molecule has 0 unspecified atom stereocenters. The van der Waals surface area contributed by atoms with E-state index in [9.17, 15) is 0 Å². The molecular formula is C14H23NS. The lowest BCUT2D eigenvalue weighted by Crippen LogP contribution is -2.04. The van der Waals surface area contributed by atoms with Crippen LogP contribution in [0.15, 0.2) is 29.2 Å². The Bertz CT molecular complexity index is 286. The van der Waals surface area contributed by atoms with Crippen molar-refractivity contribution in [2.24, 2.45) is 0 Å². The van der Waals surface area contributed by atoms with Gasteiger partial charge in [-0.3, -0.25) is 0 Å². The lowest BCUT2D eigenvalue weighted by molar-refractivity contribution is 0.706. The van der Waals surface area contributed by atoms with E-state index in [2.05, 4.69) is 36.5 Å². The lowest BCUT2D eigenvalue weighted by atomic mass is 10.2. The first-order valence-corrected chi connectivity index (χ1v) is 7.21. The third-order valence-corrected chi connectivity index (χ3v) is 3.63. The molecule has 0 radical (unpaired) electrons. The van der Waals surface area contributed by atoms with E-state index in [1.54, 1.807) is 0 Å². The van der Waals surface area contributed by atoms with Crippen molar-refractivity contribution in [3.63, 3.8) is 0 Å². The zero-order valence-corrected chi connectivity index (χ0v) is 11.3. The van der Waals surface area contributed by atoms with Crippen molar-refractivity contribution in [2.75, 3.05) is 12.8 Å². The van der Waals surface area contributed by atoms with Crippen LogP contribution in [0, 0.1) is 0 Å². The number of benzene rings is 1. The molecule has 0 aliphatic heterocycles. The monoisotopic (exact) mass is 237 g/mol. The first kappa shape index (κ1) is 13.6. The summed E-state index contributed by atoms with van der Waals surface area (Å²) >= 11 is 1.98.